The molecule has 4 aliphatic heterocycles. The van der Waals surface area contributed by atoms with Crippen molar-refractivity contribution in [2.75, 3.05) is 0 Å². The molecule has 4 nitrogen and oxygen atoms in total. The first kappa shape index (κ1) is 19.0. The molecule has 0 unspecified atom stereocenters. The first-order chi connectivity index (χ1) is 12.4. The van der Waals surface area contributed by atoms with E-state index in [0.29, 0.717) is 0 Å². The van der Waals surface area contributed by atoms with E-state index in [2.05, 4.69) is 94.7 Å². The van der Waals surface area contributed by atoms with Gasteiger partial charge in [0.2, 0.25) is 0 Å². The second kappa shape index (κ2) is 8.76. The number of rotatable bonds is 4. The van der Waals surface area contributed by atoms with Gasteiger partial charge in [0.15, 0.2) is 0 Å². The molecule has 4 heterocycles. The molecule has 0 saturated heterocycles. The Kier molecular flexibility index (Phi) is 6.41. The SMILES string of the molecule is C1=CN[C]([Al-]([C]2=CCC=CN2)([C]2=CCC=CN2)[C]2=CCC=CN2)=CC1.[Li+]. The Morgan fingerprint density at radius 3 is 0.962 bits per heavy atom. The number of hydrogen-bond donors (Lipinski definition) is 4. The summed E-state index contributed by atoms with van der Waals surface area (Å²) in [6.45, 7) is 0. The van der Waals surface area contributed by atoms with Crippen molar-refractivity contribution in [2.24, 2.45) is 0 Å². The van der Waals surface area contributed by atoms with Gasteiger partial charge in [-0.2, -0.15) is 18.2 Å². The third-order valence-corrected chi connectivity index (χ3v) is 10.6. The largest absolute Gasteiger partial charge is 1.00 e. The Morgan fingerprint density at radius 1 is 0.500 bits per heavy atom. The van der Waals surface area contributed by atoms with Crippen LogP contribution in [0.5, 0.6) is 0 Å². The van der Waals surface area contributed by atoms with Crippen LogP contribution in [0.3, 0.4) is 0 Å². The molecule has 4 N–H and O–H groups in total. The molecule has 0 amide bonds. The number of hydrogen-bond acceptors (Lipinski definition) is 4. The molecular weight excluding hydrogens is 330 g/mol. The van der Waals surface area contributed by atoms with E-state index < -0.39 is 13.1 Å². The minimum Gasteiger partial charge on any atom is -0.409 e. The van der Waals surface area contributed by atoms with E-state index in [1.165, 1.54) is 18.2 Å². The van der Waals surface area contributed by atoms with Crippen LogP contribution in [0.15, 0.2) is 91.6 Å². The van der Waals surface area contributed by atoms with Gasteiger partial charge in [0.05, 0.1) is 0 Å². The topological polar surface area (TPSA) is 48.1 Å². The van der Waals surface area contributed by atoms with Crippen LogP contribution < -0.4 is 40.1 Å². The average molecular weight is 354 g/mol. The summed E-state index contributed by atoms with van der Waals surface area (Å²) in [6.07, 6.45) is 30.3. The van der Waals surface area contributed by atoms with Gasteiger partial charge in [0.25, 0.3) is 0 Å². The van der Waals surface area contributed by atoms with Crippen LogP contribution in [-0.2, 0) is 0 Å². The molecular formula is C20H24AlLiN4. The molecule has 0 radical (unpaired) electrons. The summed E-state index contributed by atoms with van der Waals surface area (Å²) < 4.78 is 5.36. The summed E-state index contributed by atoms with van der Waals surface area (Å²) >= 11 is -2.79. The maximum atomic E-state index is 3.59. The van der Waals surface area contributed by atoms with Gasteiger partial charge in [-0.25, -0.2) is 0 Å². The molecule has 0 fully saturated rings. The Labute approximate surface area is 170 Å². The summed E-state index contributed by atoms with van der Waals surface area (Å²) in [5.41, 5.74) is 0. The van der Waals surface area contributed by atoms with Crippen LogP contribution in [0.1, 0.15) is 25.7 Å². The second-order valence-electron chi connectivity index (χ2n) is 6.63. The number of nitrogens with one attached hydrogen (secondary N) is 4. The number of allylic oxidation sites excluding steroid dienone is 8. The molecule has 0 bridgehead atoms. The van der Waals surface area contributed by atoms with Gasteiger partial charge in [0.1, 0.15) is 0 Å². The van der Waals surface area contributed by atoms with Gasteiger partial charge in [-0.1, -0.05) is 24.3 Å². The minimum absolute atomic E-state index is 0. The minimum atomic E-state index is -2.79. The molecule has 0 aromatic heterocycles. The zero-order chi connectivity index (χ0) is 17.0. The number of dihydropyridines is 4. The van der Waals surface area contributed by atoms with Crippen molar-refractivity contribution in [3.8, 4) is 0 Å². The summed E-state index contributed by atoms with van der Waals surface area (Å²) in [4.78, 5) is 0. The molecule has 0 aromatic carbocycles. The third-order valence-electron chi connectivity index (χ3n) is 5.23. The van der Waals surface area contributed by atoms with Crippen LogP contribution in [0.4, 0.5) is 0 Å². The molecule has 0 aromatic rings. The fourth-order valence-corrected chi connectivity index (χ4v) is 9.47. The summed E-state index contributed by atoms with van der Waals surface area (Å²) in [5, 5.41) is 14.4. The van der Waals surface area contributed by atoms with Gasteiger partial charge in [-0.05, 0) is 50.5 Å². The van der Waals surface area contributed by atoms with Gasteiger partial charge in [-0.3, -0.25) is 0 Å². The van der Waals surface area contributed by atoms with E-state index >= 15 is 0 Å². The predicted molar refractivity (Wildman–Crippen MR) is 106 cm³/mol. The van der Waals surface area contributed by atoms with Gasteiger partial charge < -0.3 is 21.3 Å². The Morgan fingerprint density at radius 2 is 0.769 bits per heavy atom. The molecule has 26 heavy (non-hydrogen) atoms. The first-order valence-electron chi connectivity index (χ1n) is 9.06. The molecule has 128 valence electrons. The standard InChI is InChI=1S/4C5H6N.Al.Li/c4*1-2-4-6-5-3-1;;/h4*2-4,6H,1H2;;/q;;;;-1;+1. The molecule has 6 heteroatoms. The van der Waals surface area contributed by atoms with Crippen LogP contribution in [0, 0.1) is 0 Å². The summed E-state index contributed by atoms with van der Waals surface area (Å²) in [5.74, 6) is 0. The smallest absolute Gasteiger partial charge is 0.409 e. The van der Waals surface area contributed by atoms with Gasteiger partial charge >= 0.3 is 31.9 Å². The van der Waals surface area contributed by atoms with Gasteiger partial charge in [-0.15, -0.1) is 24.3 Å². The van der Waals surface area contributed by atoms with Crippen LogP contribution in [0.2, 0.25) is 0 Å². The summed E-state index contributed by atoms with van der Waals surface area (Å²) in [6, 6.07) is 0. The monoisotopic (exact) mass is 354 g/mol. The maximum Gasteiger partial charge on any atom is 1.00 e. The Bertz CT molecular complexity index is 650. The first-order valence-corrected chi connectivity index (χ1v) is 11.4. The molecule has 4 aliphatic rings. The van der Waals surface area contributed by atoms with Gasteiger partial charge in [0, 0.05) is 0 Å². The molecule has 0 spiro atoms. The van der Waals surface area contributed by atoms with E-state index in [1.807, 2.05) is 0 Å². The Hall–Kier alpha value is -1.75. The predicted octanol–water partition coefficient (Wildman–Crippen LogP) is 0.160. The van der Waals surface area contributed by atoms with Crippen LogP contribution >= 0.6 is 0 Å². The van der Waals surface area contributed by atoms with E-state index in [1.54, 1.807) is 0 Å². The van der Waals surface area contributed by atoms with E-state index in [9.17, 15) is 0 Å². The zero-order valence-electron chi connectivity index (χ0n) is 15.3. The quantitative estimate of drug-likeness (QED) is 0.544. The van der Waals surface area contributed by atoms with Crippen molar-refractivity contribution in [3.05, 3.63) is 91.6 Å². The molecule has 0 aliphatic carbocycles. The molecule has 0 atom stereocenters. The molecule has 0 saturated carbocycles. The Balaban J connectivity index is 0.00000196. The summed E-state index contributed by atoms with van der Waals surface area (Å²) in [7, 11) is 0. The van der Waals surface area contributed by atoms with Crippen molar-refractivity contribution in [2.45, 2.75) is 25.7 Å². The van der Waals surface area contributed by atoms with Crippen molar-refractivity contribution in [1.29, 1.82) is 0 Å². The molecule has 4 rings (SSSR count). The van der Waals surface area contributed by atoms with Crippen molar-refractivity contribution < 1.29 is 18.9 Å². The zero-order valence-corrected chi connectivity index (χ0v) is 16.5. The van der Waals surface area contributed by atoms with Crippen molar-refractivity contribution >= 4 is 13.1 Å². The third kappa shape index (κ3) is 3.41. The van der Waals surface area contributed by atoms with E-state index in [0.717, 1.165) is 25.7 Å². The average Bonchev–Trinajstić information content (AvgIpc) is 2.72. The van der Waals surface area contributed by atoms with Crippen LogP contribution in [0.25, 0.3) is 0 Å². The fraction of sp³-hybridized carbons (Fsp3) is 0.200. The second-order valence-corrected chi connectivity index (χ2v) is 10.9. The maximum absolute atomic E-state index is 3.59. The van der Waals surface area contributed by atoms with E-state index in [4.69, 9.17) is 0 Å². The normalized spacial score (nSPS) is 20.9. The van der Waals surface area contributed by atoms with Crippen molar-refractivity contribution in [3.63, 3.8) is 0 Å². The fourth-order valence-electron chi connectivity index (χ4n) is 4.12. The van der Waals surface area contributed by atoms with E-state index in [-0.39, 0.29) is 18.9 Å². The van der Waals surface area contributed by atoms with Crippen molar-refractivity contribution in [1.82, 2.24) is 21.3 Å². The van der Waals surface area contributed by atoms with Crippen LogP contribution in [-0.4, -0.2) is 13.1 Å².